The van der Waals surface area contributed by atoms with Crippen LogP contribution in [0.25, 0.3) is 11.3 Å². The number of aromatic nitrogens is 2. The van der Waals surface area contributed by atoms with E-state index in [4.69, 9.17) is 5.73 Å². The van der Waals surface area contributed by atoms with Gasteiger partial charge in [0.25, 0.3) is 11.5 Å². The van der Waals surface area contributed by atoms with E-state index in [0.717, 1.165) is 41.8 Å². The molecule has 2 rings (SSSR count). The van der Waals surface area contributed by atoms with Gasteiger partial charge in [0.15, 0.2) is 0 Å². The first-order valence-electron chi connectivity index (χ1n) is 10.6. The lowest BCUT2D eigenvalue weighted by atomic mass is 9.95. The molecule has 158 valence electrons. The van der Waals surface area contributed by atoms with E-state index in [2.05, 4.69) is 52.6 Å². The zero-order valence-electron chi connectivity index (χ0n) is 18.7. The van der Waals surface area contributed by atoms with E-state index in [1.165, 1.54) is 0 Å². The van der Waals surface area contributed by atoms with Crippen molar-refractivity contribution in [3.8, 4) is 11.3 Å². The van der Waals surface area contributed by atoms with Gasteiger partial charge in [-0.05, 0) is 60.8 Å². The topological polar surface area (TPSA) is 78.0 Å². The van der Waals surface area contributed by atoms with Crippen LogP contribution in [-0.2, 0) is 19.4 Å². The first-order valence-corrected chi connectivity index (χ1v) is 10.6. The summed E-state index contributed by atoms with van der Waals surface area (Å²) in [7, 11) is 0. The number of carbonyl (C=O) groups excluding carboxylic acids is 1. The van der Waals surface area contributed by atoms with Crippen LogP contribution >= 0.6 is 0 Å². The molecule has 5 nitrogen and oxygen atoms in total. The number of pyridine rings is 2. The molecule has 0 aromatic carbocycles. The van der Waals surface area contributed by atoms with Crippen LogP contribution < -0.4 is 11.3 Å². The lowest BCUT2D eigenvalue weighted by Crippen LogP contribution is -2.32. The van der Waals surface area contributed by atoms with Crippen molar-refractivity contribution in [2.75, 3.05) is 0 Å². The SMILES string of the molecule is CC(C)CCc1cc(C(N)=O)c(=O)n(CC(C)C)c1-c1ccnc(CC(C)C)c1. The van der Waals surface area contributed by atoms with Crippen LogP contribution in [0, 0.1) is 17.8 Å². The van der Waals surface area contributed by atoms with Gasteiger partial charge in [0, 0.05) is 24.0 Å². The van der Waals surface area contributed by atoms with E-state index in [1.807, 2.05) is 12.3 Å². The molecule has 2 N–H and O–H groups in total. The fourth-order valence-electron chi connectivity index (χ4n) is 3.57. The molecule has 2 heterocycles. The van der Waals surface area contributed by atoms with E-state index >= 15 is 0 Å². The molecule has 0 fully saturated rings. The van der Waals surface area contributed by atoms with E-state index in [-0.39, 0.29) is 17.0 Å². The Morgan fingerprint density at radius 1 is 1.07 bits per heavy atom. The zero-order valence-corrected chi connectivity index (χ0v) is 18.7. The van der Waals surface area contributed by atoms with Gasteiger partial charge >= 0.3 is 0 Å². The van der Waals surface area contributed by atoms with Crippen LogP contribution in [0.2, 0.25) is 0 Å². The van der Waals surface area contributed by atoms with Crippen LogP contribution in [0.1, 0.15) is 69.6 Å². The lowest BCUT2D eigenvalue weighted by molar-refractivity contribution is 0.0998. The van der Waals surface area contributed by atoms with Gasteiger partial charge in [0.2, 0.25) is 0 Å². The van der Waals surface area contributed by atoms with Crippen LogP contribution in [0.5, 0.6) is 0 Å². The van der Waals surface area contributed by atoms with Gasteiger partial charge in [-0.2, -0.15) is 0 Å². The van der Waals surface area contributed by atoms with Crippen molar-refractivity contribution in [3.63, 3.8) is 0 Å². The Morgan fingerprint density at radius 3 is 2.31 bits per heavy atom. The number of carbonyl (C=O) groups is 1. The summed E-state index contributed by atoms with van der Waals surface area (Å²) >= 11 is 0. The molecule has 29 heavy (non-hydrogen) atoms. The summed E-state index contributed by atoms with van der Waals surface area (Å²) in [6.45, 7) is 13.3. The summed E-state index contributed by atoms with van der Waals surface area (Å²) in [6, 6.07) is 5.74. The van der Waals surface area contributed by atoms with Gasteiger partial charge in [-0.25, -0.2) is 0 Å². The van der Waals surface area contributed by atoms with Crippen molar-refractivity contribution in [1.82, 2.24) is 9.55 Å². The van der Waals surface area contributed by atoms with Crippen molar-refractivity contribution in [1.29, 1.82) is 0 Å². The number of nitrogens with two attached hydrogens (primary N) is 1. The van der Waals surface area contributed by atoms with Crippen molar-refractivity contribution < 1.29 is 4.79 Å². The van der Waals surface area contributed by atoms with E-state index < -0.39 is 5.91 Å². The van der Waals surface area contributed by atoms with Gasteiger partial charge in [-0.15, -0.1) is 0 Å². The third-order valence-corrected chi connectivity index (χ3v) is 4.88. The van der Waals surface area contributed by atoms with Gasteiger partial charge in [-0.1, -0.05) is 41.5 Å². The highest BCUT2D eigenvalue weighted by atomic mass is 16.2. The number of hydrogen-bond donors (Lipinski definition) is 1. The Hall–Kier alpha value is -2.43. The summed E-state index contributed by atoms with van der Waals surface area (Å²) in [4.78, 5) is 29.6. The third-order valence-electron chi connectivity index (χ3n) is 4.88. The summed E-state index contributed by atoms with van der Waals surface area (Å²) in [5.41, 5.74) is 9.18. The molecule has 0 aliphatic rings. The number of rotatable bonds is 9. The fraction of sp³-hybridized carbons (Fsp3) is 0.542. The van der Waals surface area contributed by atoms with Gasteiger partial charge in [0.1, 0.15) is 5.56 Å². The first kappa shape index (κ1) is 22.9. The van der Waals surface area contributed by atoms with Gasteiger partial charge in [0.05, 0.1) is 5.69 Å². The number of hydrogen-bond acceptors (Lipinski definition) is 3. The minimum Gasteiger partial charge on any atom is -0.365 e. The Labute approximate surface area is 174 Å². The summed E-state index contributed by atoms with van der Waals surface area (Å²) < 4.78 is 1.74. The van der Waals surface area contributed by atoms with Crippen molar-refractivity contribution in [2.45, 2.75) is 67.3 Å². The molecular weight excluding hydrogens is 362 g/mol. The monoisotopic (exact) mass is 397 g/mol. The van der Waals surface area contributed by atoms with Crippen LogP contribution in [0.3, 0.4) is 0 Å². The second kappa shape index (κ2) is 9.86. The molecule has 0 unspecified atom stereocenters. The zero-order chi connectivity index (χ0) is 21.7. The average molecular weight is 398 g/mol. The molecule has 0 saturated carbocycles. The molecule has 0 aliphatic heterocycles. The maximum Gasteiger partial charge on any atom is 0.263 e. The molecule has 0 aliphatic carbocycles. The van der Waals surface area contributed by atoms with E-state index in [9.17, 15) is 9.59 Å². The van der Waals surface area contributed by atoms with Crippen molar-refractivity contribution in [2.24, 2.45) is 23.5 Å². The van der Waals surface area contributed by atoms with Crippen molar-refractivity contribution >= 4 is 5.91 Å². The summed E-state index contributed by atoms with van der Waals surface area (Å²) in [5.74, 6) is 0.595. The molecule has 0 saturated heterocycles. The van der Waals surface area contributed by atoms with Crippen LogP contribution in [0.15, 0.2) is 29.2 Å². The molecule has 2 aromatic heterocycles. The van der Waals surface area contributed by atoms with Crippen molar-refractivity contribution in [3.05, 3.63) is 51.6 Å². The average Bonchev–Trinajstić information content (AvgIpc) is 2.60. The maximum absolute atomic E-state index is 13.1. The largest absolute Gasteiger partial charge is 0.365 e. The highest BCUT2D eigenvalue weighted by Crippen LogP contribution is 2.27. The number of aryl methyl sites for hydroxylation is 1. The molecule has 0 bridgehead atoms. The number of primary amides is 1. The predicted molar refractivity (Wildman–Crippen MR) is 119 cm³/mol. The van der Waals surface area contributed by atoms with Crippen LogP contribution in [-0.4, -0.2) is 15.5 Å². The first-order chi connectivity index (χ1) is 13.6. The summed E-state index contributed by atoms with van der Waals surface area (Å²) in [5, 5.41) is 0. The highest BCUT2D eigenvalue weighted by Gasteiger charge is 2.20. The van der Waals surface area contributed by atoms with Gasteiger partial charge in [-0.3, -0.25) is 14.6 Å². The smallest absolute Gasteiger partial charge is 0.263 e. The number of nitrogens with zero attached hydrogens (tertiary/aromatic N) is 2. The second-order valence-electron chi connectivity index (χ2n) is 9.17. The molecule has 2 aromatic rings. The van der Waals surface area contributed by atoms with E-state index in [1.54, 1.807) is 10.6 Å². The Morgan fingerprint density at radius 2 is 1.76 bits per heavy atom. The Kier molecular flexibility index (Phi) is 7.77. The third kappa shape index (κ3) is 6.02. The number of amides is 1. The maximum atomic E-state index is 13.1. The molecule has 0 spiro atoms. The van der Waals surface area contributed by atoms with E-state index in [0.29, 0.717) is 18.4 Å². The Balaban J connectivity index is 2.76. The summed E-state index contributed by atoms with van der Waals surface area (Å²) in [6.07, 6.45) is 4.44. The Bertz CT molecular complexity index is 911. The molecular formula is C24H35N3O2. The quantitative estimate of drug-likeness (QED) is 0.679. The fourth-order valence-corrected chi connectivity index (χ4v) is 3.57. The molecule has 0 radical (unpaired) electrons. The minimum atomic E-state index is -0.667. The minimum absolute atomic E-state index is 0.0737. The lowest BCUT2D eigenvalue weighted by Gasteiger charge is -2.21. The molecule has 0 atom stereocenters. The predicted octanol–water partition coefficient (Wildman–Crippen LogP) is 4.45. The second-order valence-corrected chi connectivity index (χ2v) is 9.17. The normalized spacial score (nSPS) is 11.6. The molecule has 1 amide bonds. The van der Waals surface area contributed by atoms with Gasteiger partial charge < -0.3 is 10.3 Å². The standard InChI is InChI=1S/C24H35N3O2/c1-15(2)7-8-18-13-21(23(25)28)24(29)27(14-17(5)6)22(18)19-9-10-26-20(12-19)11-16(3)4/h9-10,12-13,15-17H,7-8,11,14H2,1-6H3,(H2,25,28). The molecule has 5 heteroatoms. The highest BCUT2D eigenvalue weighted by molar-refractivity contribution is 5.93. The van der Waals surface area contributed by atoms with Crippen LogP contribution in [0.4, 0.5) is 0 Å².